The molecule has 0 saturated carbocycles. The number of hydrogen-bond acceptors (Lipinski definition) is 4. The lowest BCUT2D eigenvalue weighted by Crippen LogP contribution is -2.54. The summed E-state index contributed by atoms with van der Waals surface area (Å²) in [5.74, 6) is -0.314. The zero-order valence-electron chi connectivity index (χ0n) is 24.9. The third-order valence-corrected chi connectivity index (χ3v) is 6.13. The van der Waals surface area contributed by atoms with Gasteiger partial charge in [-0.3, -0.25) is 9.59 Å². The smallest absolute Gasteiger partial charge is 0.408 e. The van der Waals surface area contributed by atoms with Crippen molar-refractivity contribution >= 4 is 17.9 Å². The van der Waals surface area contributed by atoms with Crippen molar-refractivity contribution in [3.8, 4) is 0 Å². The van der Waals surface area contributed by atoms with Crippen LogP contribution >= 0.6 is 0 Å². The number of carbonyl (C=O) groups excluding carboxylic acids is 3. The van der Waals surface area contributed by atoms with Gasteiger partial charge in [0, 0.05) is 12.6 Å². The van der Waals surface area contributed by atoms with Crippen LogP contribution in [0.3, 0.4) is 0 Å². The summed E-state index contributed by atoms with van der Waals surface area (Å²) in [6.07, 6.45) is 3.21. The van der Waals surface area contributed by atoms with Gasteiger partial charge >= 0.3 is 6.09 Å². The van der Waals surface area contributed by atoms with Crippen molar-refractivity contribution < 1.29 is 19.1 Å². The summed E-state index contributed by atoms with van der Waals surface area (Å²) in [6.45, 7) is 19.9. The maximum atomic E-state index is 14.2. The third-order valence-electron chi connectivity index (χ3n) is 6.13. The van der Waals surface area contributed by atoms with E-state index < -0.39 is 23.8 Å². The molecule has 7 nitrogen and oxygen atoms in total. The fraction of sp³-hybridized carbons (Fsp3) is 0.700. The van der Waals surface area contributed by atoms with Crippen molar-refractivity contribution in [3.05, 3.63) is 34.9 Å². The van der Waals surface area contributed by atoms with Crippen LogP contribution in [0, 0.1) is 19.8 Å². The molecular formula is C30H51N3O4. The molecular weight excluding hydrogens is 466 g/mol. The van der Waals surface area contributed by atoms with Gasteiger partial charge in [0.2, 0.25) is 11.8 Å². The molecule has 0 aromatic heterocycles. The van der Waals surface area contributed by atoms with E-state index in [1.807, 2.05) is 52.8 Å². The largest absolute Gasteiger partial charge is 0.444 e. The predicted molar refractivity (Wildman–Crippen MR) is 150 cm³/mol. The minimum Gasteiger partial charge on any atom is -0.444 e. The molecule has 210 valence electrons. The molecule has 0 aliphatic carbocycles. The second-order valence-corrected chi connectivity index (χ2v) is 11.7. The number of alkyl carbamates (subject to hydrolysis) is 1. The molecule has 0 saturated heterocycles. The first-order chi connectivity index (χ1) is 17.2. The fourth-order valence-electron chi connectivity index (χ4n) is 4.37. The Morgan fingerprint density at radius 2 is 1.65 bits per heavy atom. The lowest BCUT2D eigenvalue weighted by molar-refractivity contribution is -0.143. The van der Waals surface area contributed by atoms with Crippen molar-refractivity contribution in [2.24, 2.45) is 5.92 Å². The molecule has 1 aromatic carbocycles. The van der Waals surface area contributed by atoms with E-state index in [4.69, 9.17) is 4.74 Å². The molecule has 3 unspecified atom stereocenters. The van der Waals surface area contributed by atoms with Crippen LogP contribution in [0.2, 0.25) is 0 Å². The van der Waals surface area contributed by atoms with Crippen molar-refractivity contribution in [2.75, 3.05) is 6.54 Å². The Labute approximate surface area is 225 Å². The highest BCUT2D eigenvalue weighted by molar-refractivity contribution is 5.92. The van der Waals surface area contributed by atoms with Crippen LogP contribution in [0.15, 0.2) is 18.2 Å². The van der Waals surface area contributed by atoms with Crippen LogP contribution in [0.25, 0.3) is 0 Å². The molecule has 37 heavy (non-hydrogen) atoms. The minimum atomic E-state index is -0.805. The van der Waals surface area contributed by atoms with E-state index in [0.717, 1.165) is 42.4 Å². The first kappa shape index (κ1) is 32.5. The number of ether oxygens (including phenoxy) is 1. The van der Waals surface area contributed by atoms with E-state index in [2.05, 4.69) is 24.5 Å². The molecule has 7 heteroatoms. The number of unbranched alkanes of at least 4 members (excludes halogenated alkanes) is 1. The van der Waals surface area contributed by atoms with Gasteiger partial charge in [0.05, 0.1) is 0 Å². The van der Waals surface area contributed by atoms with Gasteiger partial charge in [0.1, 0.15) is 17.7 Å². The predicted octanol–water partition coefficient (Wildman–Crippen LogP) is 6.22. The topological polar surface area (TPSA) is 87.7 Å². The van der Waals surface area contributed by atoms with E-state index in [1.165, 1.54) is 0 Å². The van der Waals surface area contributed by atoms with Crippen molar-refractivity contribution in [1.29, 1.82) is 0 Å². The lowest BCUT2D eigenvalue weighted by atomic mass is 9.94. The Bertz CT molecular complexity index is 891. The number of benzene rings is 1. The van der Waals surface area contributed by atoms with Gasteiger partial charge in [-0.1, -0.05) is 64.3 Å². The van der Waals surface area contributed by atoms with Crippen LogP contribution in [0.4, 0.5) is 4.79 Å². The van der Waals surface area contributed by atoms with Crippen molar-refractivity contribution in [1.82, 2.24) is 15.5 Å². The zero-order valence-corrected chi connectivity index (χ0v) is 24.9. The van der Waals surface area contributed by atoms with Gasteiger partial charge < -0.3 is 20.3 Å². The Morgan fingerprint density at radius 3 is 2.19 bits per heavy atom. The average molecular weight is 518 g/mol. The highest BCUT2D eigenvalue weighted by atomic mass is 16.6. The number of hydrogen-bond donors (Lipinski definition) is 2. The molecule has 0 radical (unpaired) electrons. The van der Waals surface area contributed by atoms with Crippen LogP contribution in [0.5, 0.6) is 0 Å². The van der Waals surface area contributed by atoms with Crippen LogP contribution in [-0.4, -0.2) is 47.0 Å². The number of nitrogens with zero attached hydrogens (tertiary/aromatic N) is 1. The first-order valence-corrected chi connectivity index (χ1v) is 13.9. The summed E-state index contributed by atoms with van der Waals surface area (Å²) < 4.78 is 5.47. The zero-order chi connectivity index (χ0) is 28.3. The van der Waals surface area contributed by atoms with Crippen LogP contribution < -0.4 is 10.6 Å². The van der Waals surface area contributed by atoms with E-state index in [0.29, 0.717) is 13.0 Å². The third kappa shape index (κ3) is 11.1. The summed E-state index contributed by atoms with van der Waals surface area (Å²) >= 11 is 0. The fourth-order valence-corrected chi connectivity index (χ4v) is 4.37. The maximum absolute atomic E-state index is 14.2. The van der Waals surface area contributed by atoms with Crippen molar-refractivity contribution in [3.63, 3.8) is 0 Å². The number of aryl methyl sites for hydroxylation is 2. The van der Waals surface area contributed by atoms with E-state index in [-0.39, 0.29) is 23.8 Å². The van der Waals surface area contributed by atoms with Gasteiger partial charge in [0.25, 0.3) is 0 Å². The molecule has 0 heterocycles. The quantitative estimate of drug-likeness (QED) is 0.325. The van der Waals surface area contributed by atoms with E-state index in [9.17, 15) is 14.4 Å². The summed E-state index contributed by atoms with van der Waals surface area (Å²) in [5, 5.41) is 5.95. The SMILES string of the molecule is CCCCN(C(=O)C(CC(C)C)NC(=O)OC(C)(C)C)C(C(=O)NC(C)CCC)c1cc(C)ccc1C. The van der Waals surface area contributed by atoms with E-state index in [1.54, 1.807) is 25.7 Å². The molecule has 0 bridgehead atoms. The van der Waals surface area contributed by atoms with Crippen LogP contribution in [0.1, 0.15) is 110 Å². The molecule has 0 spiro atoms. The molecule has 0 aliphatic heterocycles. The van der Waals surface area contributed by atoms with Crippen LogP contribution in [-0.2, 0) is 14.3 Å². The molecule has 3 atom stereocenters. The Hall–Kier alpha value is -2.57. The Balaban J connectivity index is 3.56. The minimum absolute atomic E-state index is 0.0143. The van der Waals surface area contributed by atoms with Crippen molar-refractivity contribution in [2.45, 2.75) is 125 Å². The first-order valence-electron chi connectivity index (χ1n) is 13.9. The van der Waals surface area contributed by atoms with Gasteiger partial charge in [-0.2, -0.15) is 0 Å². The van der Waals surface area contributed by atoms with Gasteiger partial charge in [-0.05, 0) is 77.8 Å². The Kier molecular flexibility index (Phi) is 13.2. The van der Waals surface area contributed by atoms with Gasteiger partial charge in [-0.25, -0.2) is 4.79 Å². The Morgan fingerprint density at radius 1 is 1.00 bits per heavy atom. The second kappa shape index (κ2) is 15.0. The average Bonchev–Trinajstić information content (AvgIpc) is 2.76. The number of nitrogens with one attached hydrogen (secondary N) is 2. The molecule has 3 amide bonds. The standard InChI is InChI=1S/C30H51N3O4/c1-11-13-17-33(28(35)25(18-20(3)4)32-29(36)37-30(8,9)10)26(27(34)31-23(7)14-12-2)24-19-21(5)15-16-22(24)6/h15-16,19-20,23,25-26H,11-14,17-18H2,1-10H3,(H,31,34)(H,32,36). The monoisotopic (exact) mass is 517 g/mol. The maximum Gasteiger partial charge on any atom is 0.408 e. The summed E-state index contributed by atoms with van der Waals surface area (Å²) in [6, 6.07) is 4.38. The summed E-state index contributed by atoms with van der Waals surface area (Å²) in [4.78, 5) is 42.4. The summed E-state index contributed by atoms with van der Waals surface area (Å²) in [5.41, 5.74) is 2.09. The molecule has 1 rings (SSSR count). The molecule has 0 aliphatic rings. The number of carbonyl (C=O) groups is 3. The molecule has 0 fully saturated rings. The summed E-state index contributed by atoms with van der Waals surface area (Å²) in [7, 11) is 0. The highest BCUT2D eigenvalue weighted by Crippen LogP contribution is 2.28. The second-order valence-electron chi connectivity index (χ2n) is 11.7. The van der Waals surface area contributed by atoms with Gasteiger partial charge in [-0.15, -0.1) is 0 Å². The van der Waals surface area contributed by atoms with Gasteiger partial charge in [0.15, 0.2) is 0 Å². The normalized spacial score (nSPS) is 14.0. The molecule has 2 N–H and O–H groups in total. The van der Waals surface area contributed by atoms with E-state index >= 15 is 0 Å². The highest BCUT2D eigenvalue weighted by Gasteiger charge is 2.37. The number of rotatable bonds is 13. The lowest BCUT2D eigenvalue weighted by Gasteiger charge is -2.36. The molecule has 1 aromatic rings. The number of amides is 3.